The van der Waals surface area contributed by atoms with Crippen LogP contribution in [0.5, 0.6) is 0 Å². The average molecular weight is 487 g/mol. The average Bonchev–Trinajstić information content (AvgIpc) is 3.46. The summed E-state index contributed by atoms with van der Waals surface area (Å²) in [6, 6.07) is 13.3. The van der Waals surface area contributed by atoms with Crippen LogP contribution < -0.4 is 15.5 Å². The summed E-state index contributed by atoms with van der Waals surface area (Å²) in [5.41, 5.74) is 1.74. The van der Waals surface area contributed by atoms with Gasteiger partial charge in [0, 0.05) is 18.7 Å². The summed E-state index contributed by atoms with van der Waals surface area (Å²) in [6.07, 6.45) is 1.85. The number of urea groups is 1. The molecule has 2 aliphatic rings. The maximum Gasteiger partial charge on any atom is 0.344 e. The second-order valence-corrected chi connectivity index (χ2v) is 9.91. The molecule has 4 rings (SSSR count). The van der Waals surface area contributed by atoms with E-state index in [-0.39, 0.29) is 23.1 Å². The molecule has 2 fully saturated rings. The molecule has 2 saturated heterocycles. The molecule has 180 valence electrons. The Labute approximate surface area is 197 Å². The van der Waals surface area contributed by atoms with Gasteiger partial charge in [-0.1, -0.05) is 37.3 Å². The number of imide groups is 1. The topological polar surface area (TPSA) is 134 Å². The number of carbonyl (C=O) groups excluding carboxylic acids is 3. The molecule has 2 atom stereocenters. The molecule has 3 N–H and O–H groups in total. The maximum atomic E-state index is 13.1. The standard InChI is InChI=1S/C23H26N4O6S/c1-2-23(17-7-4-3-5-8-17)21(29)27(22(30)25-23)26-20(28)16-10-12-19(13-11-16)34(31,32)24-15-18-9-6-14-33-18/h3-5,7-8,10-13,18,24H,2,6,9,14-15H2,1H3,(H,25,30)(H,26,28). The van der Waals surface area contributed by atoms with Crippen LogP contribution in [0, 0.1) is 0 Å². The number of hydrazine groups is 1. The third kappa shape index (κ3) is 4.54. The first-order chi connectivity index (χ1) is 16.3. The van der Waals surface area contributed by atoms with Crippen molar-refractivity contribution < 1.29 is 27.5 Å². The van der Waals surface area contributed by atoms with Gasteiger partial charge in [-0.25, -0.2) is 17.9 Å². The predicted molar refractivity (Wildman–Crippen MR) is 122 cm³/mol. The Hall–Kier alpha value is -3.28. The second kappa shape index (κ2) is 9.53. The third-order valence-corrected chi connectivity index (χ3v) is 7.49. The van der Waals surface area contributed by atoms with Crippen molar-refractivity contribution in [3.05, 3.63) is 65.7 Å². The Bertz CT molecular complexity index is 1180. The van der Waals surface area contributed by atoms with Gasteiger partial charge < -0.3 is 10.1 Å². The fourth-order valence-electron chi connectivity index (χ4n) is 4.08. The summed E-state index contributed by atoms with van der Waals surface area (Å²) >= 11 is 0. The molecule has 0 aromatic heterocycles. The van der Waals surface area contributed by atoms with E-state index in [2.05, 4.69) is 15.5 Å². The summed E-state index contributed by atoms with van der Waals surface area (Å²) in [5, 5.41) is 3.34. The molecule has 2 unspecified atom stereocenters. The van der Waals surface area contributed by atoms with Crippen LogP contribution in [-0.2, 0) is 25.1 Å². The molecule has 4 amide bonds. The first-order valence-electron chi connectivity index (χ1n) is 11.0. The van der Waals surface area contributed by atoms with Crippen molar-refractivity contribution in [2.24, 2.45) is 0 Å². The Balaban J connectivity index is 1.44. The zero-order chi connectivity index (χ0) is 24.3. The Kier molecular flexibility index (Phi) is 6.69. The number of hydrogen-bond donors (Lipinski definition) is 3. The van der Waals surface area contributed by atoms with Crippen molar-refractivity contribution in [2.75, 3.05) is 13.2 Å². The molecule has 2 aromatic carbocycles. The van der Waals surface area contributed by atoms with Crippen LogP contribution in [0.4, 0.5) is 4.79 Å². The lowest BCUT2D eigenvalue weighted by molar-refractivity contribution is -0.133. The largest absolute Gasteiger partial charge is 0.377 e. The summed E-state index contributed by atoms with van der Waals surface area (Å²) in [4.78, 5) is 38.4. The van der Waals surface area contributed by atoms with Gasteiger partial charge >= 0.3 is 6.03 Å². The molecule has 0 bridgehead atoms. The van der Waals surface area contributed by atoms with Crippen molar-refractivity contribution in [2.45, 2.75) is 42.7 Å². The minimum absolute atomic E-state index is 0.00823. The number of amides is 4. The number of rotatable bonds is 8. The van der Waals surface area contributed by atoms with Crippen LogP contribution in [0.3, 0.4) is 0 Å². The Morgan fingerprint density at radius 2 is 1.85 bits per heavy atom. The molecular formula is C23H26N4O6S. The molecule has 2 aliphatic heterocycles. The van der Waals surface area contributed by atoms with Gasteiger partial charge in [-0.15, -0.1) is 0 Å². The molecule has 11 heteroatoms. The van der Waals surface area contributed by atoms with Gasteiger partial charge in [0.25, 0.3) is 11.8 Å². The van der Waals surface area contributed by atoms with Gasteiger partial charge in [0.1, 0.15) is 5.54 Å². The quantitative estimate of drug-likeness (QED) is 0.486. The van der Waals surface area contributed by atoms with Crippen LogP contribution in [0.15, 0.2) is 59.5 Å². The minimum Gasteiger partial charge on any atom is -0.377 e. The summed E-state index contributed by atoms with van der Waals surface area (Å²) in [5.74, 6) is -1.32. The van der Waals surface area contributed by atoms with E-state index in [0.717, 1.165) is 12.8 Å². The Morgan fingerprint density at radius 1 is 1.15 bits per heavy atom. The maximum absolute atomic E-state index is 13.1. The molecule has 0 saturated carbocycles. The zero-order valence-electron chi connectivity index (χ0n) is 18.6. The first kappa shape index (κ1) is 23.9. The highest BCUT2D eigenvalue weighted by Crippen LogP contribution is 2.31. The van der Waals surface area contributed by atoms with Crippen molar-refractivity contribution >= 4 is 27.9 Å². The molecule has 0 spiro atoms. The summed E-state index contributed by atoms with van der Waals surface area (Å²) in [7, 11) is -3.77. The fourth-order valence-corrected chi connectivity index (χ4v) is 5.15. The summed E-state index contributed by atoms with van der Waals surface area (Å²) in [6.45, 7) is 2.57. The number of nitrogens with zero attached hydrogens (tertiary/aromatic N) is 1. The Morgan fingerprint density at radius 3 is 2.47 bits per heavy atom. The van der Waals surface area contributed by atoms with Crippen LogP contribution >= 0.6 is 0 Å². The molecule has 34 heavy (non-hydrogen) atoms. The predicted octanol–water partition coefficient (Wildman–Crippen LogP) is 1.65. The van der Waals surface area contributed by atoms with Gasteiger partial charge in [-0.3, -0.25) is 15.0 Å². The van der Waals surface area contributed by atoms with Crippen molar-refractivity contribution in [1.82, 2.24) is 20.5 Å². The lowest BCUT2D eigenvalue weighted by Crippen LogP contribution is -2.48. The molecule has 10 nitrogen and oxygen atoms in total. The van der Waals surface area contributed by atoms with Gasteiger partial charge in [0.05, 0.1) is 11.0 Å². The van der Waals surface area contributed by atoms with E-state index in [1.807, 2.05) is 0 Å². The SMILES string of the molecule is CCC1(c2ccccc2)NC(=O)N(NC(=O)c2ccc(S(=O)(=O)NCC3CCCO3)cc2)C1=O. The van der Waals surface area contributed by atoms with E-state index in [1.54, 1.807) is 37.3 Å². The van der Waals surface area contributed by atoms with Gasteiger partial charge in [-0.2, -0.15) is 5.01 Å². The van der Waals surface area contributed by atoms with E-state index in [1.165, 1.54) is 24.3 Å². The lowest BCUT2D eigenvalue weighted by atomic mass is 9.87. The molecule has 0 aliphatic carbocycles. The molecule has 2 heterocycles. The van der Waals surface area contributed by atoms with Crippen LogP contribution in [0.2, 0.25) is 0 Å². The van der Waals surface area contributed by atoms with E-state index in [4.69, 9.17) is 4.74 Å². The van der Waals surface area contributed by atoms with Crippen molar-refractivity contribution in [1.29, 1.82) is 0 Å². The lowest BCUT2D eigenvalue weighted by Gasteiger charge is -2.25. The molecular weight excluding hydrogens is 460 g/mol. The first-order valence-corrected chi connectivity index (χ1v) is 12.5. The normalized spacial score (nSPS) is 22.6. The van der Waals surface area contributed by atoms with Crippen molar-refractivity contribution in [3.8, 4) is 0 Å². The van der Waals surface area contributed by atoms with E-state index >= 15 is 0 Å². The van der Waals surface area contributed by atoms with E-state index < -0.39 is 33.4 Å². The molecule has 0 radical (unpaired) electrons. The molecule has 2 aromatic rings. The smallest absolute Gasteiger partial charge is 0.344 e. The number of nitrogens with one attached hydrogen (secondary N) is 3. The van der Waals surface area contributed by atoms with Crippen molar-refractivity contribution in [3.63, 3.8) is 0 Å². The minimum atomic E-state index is -3.77. The van der Waals surface area contributed by atoms with E-state index in [9.17, 15) is 22.8 Å². The van der Waals surface area contributed by atoms with Gasteiger partial charge in [0.15, 0.2) is 0 Å². The van der Waals surface area contributed by atoms with Crippen LogP contribution in [-0.4, -0.2) is 50.5 Å². The van der Waals surface area contributed by atoms with Gasteiger partial charge in [0.2, 0.25) is 10.0 Å². The highest BCUT2D eigenvalue weighted by molar-refractivity contribution is 7.89. The van der Waals surface area contributed by atoms with Crippen LogP contribution in [0.25, 0.3) is 0 Å². The highest BCUT2D eigenvalue weighted by Gasteiger charge is 2.52. The number of carbonyl (C=O) groups is 3. The van der Waals surface area contributed by atoms with Crippen LogP contribution in [0.1, 0.15) is 42.1 Å². The number of ether oxygens (including phenoxy) is 1. The highest BCUT2D eigenvalue weighted by atomic mass is 32.2. The monoisotopic (exact) mass is 486 g/mol. The van der Waals surface area contributed by atoms with E-state index in [0.29, 0.717) is 23.6 Å². The zero-order valence-corrected chi connectivity index (χ0v) is 19.4. The number of sulfonamides is 1. The number of hydrogen-bond acceptors (Lipinski definition) is 6. The number of benzene rings is 2. The second-order valence-electron chi connectivity index (χ2n) is 8.15. The summed E-state index contributed by atoms with van der Waals surface area (Å²) < 4.78 is 32.9. The van der Waals surface area contributed by atoms with Gasteiger partial charge in [-0.05, 0) is 49.1 Å². The fraction of sp³-hybridized carbons (Fsp3) is 0.348. The third-order valence-electron chi connectivity index (χ3n) is 6.05.